The summed E-state index contributed by atoms with van der Waals surface area (Å²) < 4.78 is 39.2. The van der Waals surface area contributed by atoms with Crippen molar-refractivity contribution in [3.63, 3.8) is 0 Å². The molecular weight excluding hydrogens is 484 g/mol. The number of rotatable bonds is 7. The Morgan fingerprint density at radius 3 is 2.57 bits per heavy atom. The number of halogens is 3. The van der Waals surface area contributed by atoms with Crippen molar-refractivity contribution in [3.8, 4) is 5.75 Å². The van der Waals surface area contributed by atoms with Crippen LogP contribution in [0.5, 0.6) is 5.75 Å². The Labute approximate surface area is 204 Å². The lowest BCUT2D eigenvalue weighted by atomic mass is 9.88. The summed E-state index contributed by atoms with van der Waals surface area (Å²) in [7, 11) is 0. The molecule has 0 bridgehead atoms. The number of aliphatic carboxylic acids is 1. The first-order chi connectivity index (χ1) is 16.8. The number of carboxylic acids is 1. The van der Waals surface area contributed by atoms with Crippen molar-refractivity contribution in [1.82, 2.24) is 5.06 Å². The predicted molar refractivity (Wildman–Crippen MR) is 121 cm³/mol. The van der Waals surface area contributed by atoms with Gasteiger partial charge < -0.3 is 19.4 Å². The number of hydroxylamine groups is 2. The lowest BCUT2D eigenvalue weighted by Gasteiger charge is -2.36. The standard InChI is InChI=1S/C25H20ClF2NO6/c26-16-6-9-21(33-14-22(30)31)19(12-16)24-18-7-8-20(27)23(28)17(18)10-11-29(24)35-25(32)34-13-15-4-2-1-3-5-15/h1-9,12,24H,10-11,13-14H2,(H,30,31)/t24-/m0/s1. The third-order valence-electron chi connectivity index (χ3n) is 5.41. The molecule has 1 atom stereocenters. The molecule has 0 amide bonds. The first-order valence-corrected chi connectivity index (χ1v) is 11.0. The third-order valence-corrected chi connectivity index (χ3v) is 5.64. The van der Waals surface area contributed by atoms with E-state index in [1.807, 2.05) is 6.07 Å². The molecule has 1 N–H and O–H groups in total. The molecule has 35 heavy (non-hydrogen) atoms. The summed E-state index contributed by atoms with van der Waals surface area (Å²) in [6.45, 7) is -0.673. The van der Waals surface area contributed by atoms with Gasteiger partial charge in [0.1, 0.15) is 18.4 Å². The minimum atomic E-state index is -1.21. The van der Waals surface area contributed by atoms with Crippen LogP contribution in [0.3, 0.4) is 0 Å². The van der Waals surface area contributed by atoms with E-state index in [4.69, 9.17) is 31.0 Å². The Hall–Kier alpha value is -3.69. The van der Waals surface area contributed by atoms with E-state index in [0.717, 1.165) is 11.6 Å². The maximum absolute atomic E-state index is 14.6. The minimum Gasteiger partial charge on any atom is -0.482 e. The van der Waals surface area contributed by atoms with Crippen molar-refractivity contribution in [2.24, 2.45) is 0 Å². The second kappa shape index (κ2) is 10.7. The van der Waals surface area contributed by atoms with Crippen LogP contribution in [0.15, 0.2) is 60.7 Å². The van der Waals surface area contributed by atoms with Crippen LogP contribution in [-0.4, -0.2) is 35.4 Å². The molecule has 0 fully saturated rings. The second-order valence-electron chi connectivity index (χ2n) is 7.70. The first-order valence-electron chi connectivity index (χ1n) is 10.6. The lowest BCUT2D eigenvalue weighted by Crippen LogP contribution is -2.38. The summed E-state index contributed by atoms with van der Waals surface area (Å²) in [4.78, 5) is 29.0. The molecule has 182 valence electrons. The van der Waals surface area contributed by atoms with Crippen LogP contribution in [0.25, 0.3) is 0 Å². The smallest absolute Gasteiger partial charge is 0.482 e. The molecule has 10 heteroatoms. The number of carbonyl (C=O) groups excluding carboxylic acids is 1. The molecular formula is C25H20ClF2NO6. The van der Waals surface area contributed by atoms with Crippen molar-refractivity contribution in [2.45, 2.75) is 19.1 Å². The summed E-state index contributed by atoms with van der Waals surface area (Å²) in [5.41, 5.74) is 1.48. The first kappa shape index (κ1) is 24.4. The van der Waals surface area contributed by atoms with Crippen LogP contribution in [0.1, 0.15) is 28.3 Å². The summed E-state index contributed by atoms with van der Waals surface area (Å²) in [5.74, 6) is -3.09. The van der Waals surface area contributed by atoms with Crippen LogP contribution in [0, 0.1) is 11.6 Å². The quantitative estimate of drug-likeness (QED) is 0.438. The molecule has 4 rings (SSSR count). The number of hydrogen-bond donors (Lipinski definition) is 1. The van der Waals surface area contributed by atoms with Gasteiger partial charge in [-0.2, -0.15) is 0 Å². The van der Waals surface area contributed by atoms with Gasteiger partial charge in [-0.1, -0.05) is 48.0 Å². The lowest BCUT2D eigenvalue weighted by molar-refractivity contribution is -0.153. The summed E-state index contributed by atoms with van der Waals surface area (Å²) in [6, 6.07) is 14.8. The summed E-state index contributed by atoms with van der Waals surface area (Å²) in [6.07, 6.45) is -0.951. The highest BCUT2D eigenvalue weighted by atomic mass is 35.5. The molecule has 0 spiro atoms. The highest BCUT2D eigenvalue weighted by Gasteiger charge is 2.36. The molecule has 0 aromatic heterocycles. The average molecular weight is 504 g/mol. The fourth-order valence-corrected chi connectivity index (χ4v) is 4.07. The molecule has 0 radical (unpaired) electrons. The maximum Gasteiger partial charge on any atom is 0.528 e. The monoisotopic (exact) mass is 503 g/mol. The molecule has 0 saturated carbocycles. The number of hydrogen-bond acceptors (Lipinski definition) is 6. The van der Waals surface area contributed by atoms with E-state index in [1.54, 1.807) is 24.3 Å². The summed E-state index contributed by atoms with van der Waals surface area (Å²) in [5, 5.41) is 10.6. The van der Waals surface area contributed by atoms with Crippen molar-refractivity contribution < 1.29 is 37.8 Å². The van der Waals surface area contributed by atoms with Crippen LogP contribution in [-0.2, 0) is 27.4 Å². The fourth-order valence-electron chi connectivity index (χ4n) is 3.89. The number of nitrogens with zero attached hydrogens (tertiary/aromatic N) is 1. The molecule has 1 aliphatic rings. The number of carbonyl (C=O) groups is 2. The number of fused-ring (bicyclic) bond motifs is 1. The molecule has 3 aromatic rings. The van der Waals surface area contributed by atoms with Gasteiger partial charge in [0, 0.05) is 17.1 Å². The van der Waals surface area contributed by atoms with Gasteiger partial charge >= 0.3 is 12.1 Å². The van der Waals surface area contributed by atoms with Gasteiger partial charge in [0.15, 0.2) is 18.2 Å². The van der Waals surface area contributed by atoms with Crippen molar-refractivity contribution in [3.05, 3.63) is 99.6 Å². The number of ether oxygens (including phenoxy) is 2. The zero-order valence-electron chi connectivity index (χ0n) is 18.2. The molecule has 0 aliphatic carbocycles. The van der Waals surface area contributed by atoms with Gasteiger partial charge in [0.2, 0.25) is 0 Å². The van der Waals surface area contributed by atoms with E-state index in [0.29, 0.717) is 11.1 Å². The molecule has 1 aliphatic heterocycles. The Balaban J connectivity index is 1.68. The van der Waals surface area contributed by atoms with E-state index in [-0.39, 0.29) is 35.9 Å². The van der Waals surface area contributed by atoms with Crippen molar-refractivity contribution >= 4 is 23.7 Å². The highest BCUT2D eigenvalue weighted by Crippen LogP contribution is 2.41. The molecule has 3 aromatic carbocycles. The van der Waals surface area contributed by atoms with Crippen molar-refractivity contribution in [1.29, 1.82) is 0 Å². The Morgan fingerprint density at radius 1 is 1.06 bits per heavy atom. The summed E-state index contributed by atoms with van der Waals surface area (Å²) >= 11 is 6.20. The largest absolute Gasteiger partial charge is 0.528 e. The molecule has 0 saturated heterocycles. The topological polar surface area (TPSA) is 85.3 Å². The van der Waals surface area contributed by atoms with E-state index in [1.165, 1.54) is 29.3 Å². The number of benzene rings is 3. The predicted octanol–water partition coefficient (Wildman–Crippen LogP) is 5.30. The van der Waals surface area contributed by atoms with Crippen molar-refractivity contribution in [2.75, 3.05) is 13.2 Å². The minimum absolute atomic E-state index is 0.00333. The van der Waals surface area contributed by atoms with E-state index in [9.17, 15) is 18.4 Å². The second-order valence-corrected chi connectivity index (χ2v) is 8.14. The van der Waals surface area contributed by atoms with E-state index in [2.05, 4.69) is 0 Å². The normalized spacial score (nSPS) is 15.2. The maximum atomic E-state index is 14.6. The van der Waals surface area contributed by atoms with Gasteiger partial charge in [-0.3, -0.25) is 0 Å². The zero-order valence-corrected chi connectivity index (χ0v) is 19.0. The van der Waals surface area contributed by atoms with Gasteiger partial charge in [-0.05, 0) is 47.4 Å². The highest BCUT2D eigenvalue weighted by molar-refractivity contribution is 6.30. The van der Waals surface area contributed by atoms with Gasteiger partial charge in [0.25, 0.3) is 0 Å². The molecule has 1 heterocycles. The van der Waals surface area contributed by atoms with E-state index >= 15 is 0 Å². The molecule has 0 unspecified atom stereocenters. The SMILES string of the molecule is O=C(O)COc1ccc(Cl)cc1[C@@H]1c2ccc(F)c(F)c2CCN1OC(=O)OCc1ccccc1. The van der Waals surface area contributed by atoms with Crippen LogP contribution in [0.4, 0.5) is 13.6 Å². The number of carboxylic acid groups (broad SMARTS) is 1. The van der Waals surface area contributed by atoms with Crippen LogP contribution < -0.4 is 4.74 Å². The fraction of sp³-hybridized carbons (Fsp3) is 0.200. The van der Waals surface area contributed by atoms with E-state index < -0.39 is 36.4 Å². The Kier molecular flexibility index (Phi) is 7.48. The Morgan fingerprint density at radius 2 is 1.83 bits per heavy atom. The van der Waals surface area contributed by atoms with Crippen LogP contribution >= 0.6 is 11.6 Å². The van der Waals surface area contributed by atoms with Gasteiger partial charge in [-0.15, -0.1) is 5.06 Å². The van der Waals surface area contributed by atoms with Gasteiger partial charge in [0.05, 0.1) is 0 Å². The molecule has 7 nitrogen and oxygen atoms in total. The Bertz CT molecular complexity index is 1240. The van der Waals surface area contributed by atoms with Gasteiger partial charge in [-0.25, -0.2) is 18.4 Å². The zero-order chi connectivity index (χ0) is 24.9. The third kappa shape index (κ3) is 5.70. The van der Waals surface area contributed by atoms with Crippen LogP contribution in [0.2, 0.25) is 5.02 Å². The average Bonchev–Trinajstić information content (AvgIpc) is 2.84.